The highest BCUT2D eigenvalue weighted by atomic mass is 19.4. The number of rotatable bonds is 6. The fourth-order valence-corrected chi connectivity index (χ4v) is 2.32. The Kier molecular flexibility index (Phi) is 6.26. The second kappa shape index (κ2) is 8.23. The monoisotopic (exact) mass is 366 g/mol. The second-order valence-corrected chi connectivity index (χ2v) is 6.12. The van der Waals surface area contributed by atoms with Gasteiger partial charge in [0.1, 0.15) is 11.8 Å². The molecule has 2 aromatic carbocycles. The number of carbonyl (C=O) groups is 1. The predicted octanol–water partition coefficient (Wildman–Crippen LogP) is 3.56. The van der Waals surface area contributed by atoms with Crippen molar-refractivity contribution in [2.24, 2.45) is 5.73 Å². The number of alkyl halides is 3. The van der Waals surface area contributed by atoms with Crippen LogP contribution in [0.25, 0.3) is 0 Å². The quantitative estimate of drug-likeness (QED) is 0.822. The van der Waals surface area contributed by atoms with Crippen molar-refractivity contribution in [2.75, 3.05) is 6.61 Å². The van der Waals surface area contributed by atoms with Gasteiger partial charge in [-0.05, 0) is 31.0 Å². The summed E-state index contributed by atoms with van der Waals surface area (Å²) in [5.41, 5.74) is 8.85. The van der Waals surface area contributed by atoms with Gasteiger partial charge in [0.05, 0.1) is 0 Å². The van der Waals surface area contributed by atoms with Crippen molar-refractivity contribution in [2.45, 2.75) is 32.6 Å². The lowest BCUT2D eigenvalue weighted by atomic mass is 10.1. The van der Waals surface area contributed by atoms with Crippen molar-refractivity contribution in [1.29, 1.82) is 0 Å². The van der Waals surface area contributed by atoms with E-state index in [0.29, 0.717) is 11.1 Å². The van der Waals surface area contributed by atoms with Crippen molar-refractivity contribution >= 4 is 5.91 Å². The second-order valence-electron chi connectivity index (χ2n) is 6.12. The van der Waals surface area contributed by atoms with Crippen molar-refractivity contribution in [3.63, 3.8) is 0 Å². The fourth-order valence-electron chi connectivity index (χ4n) is 2.32. The largest absolute Gasteiger partial charge is 0.484 e. The molecule has 2 rings (SSSR count). The van der Waals surface area contributed by atoms with Gasteiger partial charge in [-0.3, -0.25) is 4.79 Å². The Labute approximate surface area is 150 Å². The molecule has 0 saturated heterocycles. The number of benzene rings is 2. The number of nitrogens with two attached hydrogens (primary N) is 1. The van der Waals surface area contributed by atoms with Gasteiger partial charge in [-0.15, -0.1) is 0 Å². The molecule has 26 heavy (non-hydrogen) atoms. The lowest BCUT2D eigenvalue weighted by Gasteiger charge is -2.16. The normalized spacial score (nSPS) is 12.5. The standard InChI is InChI=1S/C19H21F3N2O2/c1-12-3-6-14(7-4-12)17(23)18(25)24-10-15-8-5-13(2)9-16(15)26-11-19(20,21)22/h3-9,17H,10-11,23H2,1-2H3,(H,24,25). The molecule has 140 valence electrons. The summed E-state index contributed by atoms with van der Waals surface area (Å²) < 4.78 is 42.1. The summed E-state index contributed by atoms with van der Waals surface area (Å²) in [7, 11) is 0. The number of halogens is 3. The molecule has 7 heteroatoms. The average Bonchev–Trinajstić information content (AvgIpc) is 2.58. The van der Waals surface area contributed by atoms with Gasteiger partial charge in [-0.2, -0.15) is 13.2 Å². The SMILES string of the molecule is Cc1ccc(C(N)C(=O)NCc2ccc(C)cc2OCC(F)(F)F)cc1. The van der Waals surface area contributed by atoms with Crippen LogP contribution in [-0.2, 0) is 11.3 Å². The summed E-state index contributed by atoms with van der Waals surface area (Å²) in [6.45, 7) is 2.30. The minimum atomic E-state index is -4.43. The average molecular weight is 366 g/mol. The molecule has 4 nitrogen and oxygen atoms in total. The number of ether oxygens (including phenoxy) is 1. The Hall–Kier alpha value is -2.54. The molecule has 1 atom stereocenters. The molecule has 0 aromatic heterocycles. The van der Waals surface area contributed by atoms with E-state index in [4.69, 9.17) is 10.5 Å². The minimum absolute atomic E-state index is 0.0197. The van der Waals surface area contributed by atoms with E-state index in [2.05, 4.69) is 5.32 Å². The summed E-state index contributed by atoms with van der Waals surface area (Å²) in [5.74, 6) is -0.331. The van der Waals surface area contributed by atoms with E-state index in [1.807, 2.05) is 19.1 Å². The number of hydrogen-bond acceptors (Lipinski definition) is 3. The van der Waals surface area contributed by atoms with Crippen LogP contribution < -0.4 is 15.8 Å². The van der Waals surface area contributed by atoms with Crippen LogP contribution >= 0.6 is 0 Å². The van der Waals surface area contributed by atoms with Crippen LogP contribution in [0.1, 0.15) is 28.3 Å². The van der Waals surface area contributed by atoms with E-state index in [1.54, 1.807) is 31.2 Å². The fraction of sp³-hybridized carbons (Fsp3) is 0.316. The van der Waals surface area contributed by atoms with Crippen molar-refractivity contribution in [1.82, 2.24) is 5.32 Å². The predicted molar refractivity (Wildman–Crippen MR) is 92.7 cm³/mol. The van der Waals surface area contributed by atoms with Gasteiger partial charge < -0.3 is 15.8 Å². The van der Waals surface area contributed by atoms with Gasteiger partial charge >= 0.3 is 6.18 Å². The molecule has 2 aromatic rings. The van der Waals surface area contributed by atoms with Gasteiger partial charge in [0.15, 0.2) is 6.61 Å². The molecule has 1 amide bonds. The zero-order chi connectivity index (χ0) is 19.3. The summed E-state index contributed by atoms with van der Waals surface area (Å²) in [4.78, 5) is 12.2. The number of aryl methyl sites for hydroxylation is 2. The van der Waals surface area contributed by atoms with Crippen LogP contribution in [0, 0.1) is 13.8 Å². The molecule has 0 spiro atoms. The Morgan fingerprint density at radius 2 is 1.73 bits per heavy atom. The molecular weight excluding hydrogens is 345 g/mol. The molecule has 0 aliphatic heterocycles. The van der Waals surface area contributed by atoms with E-state index in [-0.39, 0.29) is 12.3 Å². The Morgan fingerprint density at radius 1 is 1.12 bits per heavy atom. The number of amides is 1. The first-order valence-electron chi connectivity index (χ1n) is 8.04. The summed E-state index contributed by atoms with van der Waals surface area (Å²) in [6, 6.07) is 11.2. The van der Waals surface area contributed by atoms with Gasteiger partial charge in [0.2, 0.25) is 5.91 Å². The third-order valence-corrected chi connectivity index (χ3v) is 3.79. The van der Waals surface area contributed by atoms with E-state index >= 15 is 0 Å². The van der Waals surface area contributed by atoms with Crippen LogP contribution in [0.5, 0.6) is 5.75 Å². The molecule has 0 fully saturated rings. The summed E-state index contributed by atoms with van der Waals surface area (Å²) in [6.07, 6.45) is -4.43. The topological polar surface area (TPSA) is 64.4 Å². The van der Waals surface area contributed by atoms with E-state index in [9.17, 15) is 18.0 Å². The molecule has 3 N–H and O–H groups in total. The van der Waals surface area contributed by atoms with Gasteiger partial charge in [-0.1, -0.05) is 42.0 Å². The van der Waals surface area contributed by atoms with Crippen LogP contribution in [0.15, 0.2) is 42.5 Å². The zero-order valence-corrected chi connectivity index (χ0v) is 14.6. The summed E-state index contributed by atoms with van der Waals surface area (Å²) in [5, 5.41) is 2.64. The van der Waals surface area contributed by atoms with Crippen molar-refractivity contribution in [3.8, 4) is 5.75 Å². The van der Waals surface area contributed by atoms with Crippen molar-refractivity contribution in [3.05, 3.63) is 64.7 Å². The third-order valence-electron chi connectivity index (χ3n) is 3.79. The Balaban J connectivity index is 2.03. The maximum Gasteiger partial charge on any atom is 0.422 e. The molecule has 0 aliphatic rings. The van der Waals surface area contributed by atoms with Gasteiger partial charge in [0.25, 0.3) is 0 Å². The molecule has 0 aliphatic carbocycles. The molecule has 1 unspecified atom stereocenters. The van der Waals surface area contributed by atoms with Crippen LogP contribution in [0.3, 0.4) is 0 Å². The highest BCUT2D eigenvalue weighted by Crippen LogP contribution is 2.24. The maximum atomic E-state index is 12.4. The minimum Gasteiger partial charge on any atom is -0.484 e. The number of carbonyl (C=O) groups excluding carboxylic acids is 1. The van der Waals surface area contributed by atoms with Gasteiger partial charge in [-0.25, -0.2) is 0 Å². The first-order valence-corrected chi connectivity index (χ1v) is 8.04. The number of hydrogen-bond donors (Lipinski definition) is 2. The Morgan fingerprint density at radius 3 is 2.35 bits per heavy atom. The third kappa shape index (κ3) is 5.77. The van der Waals surface area contributed by atoms with E-state index in [0.717, 1.165) is 11.1 Å². The maximum absolute atomic E-state index is 12.4. The molecule has 0 saturated carbocycles. The highest BCUT2D eigenvalue weighted by molar-refractivity contribution is 5.82. The Bertz CT molecular complexity index is 758. The smallest absolute Gasteiger partial charge is 0.422 e. The number of nitrogens with one attached hydrogen (secondary N) is 1. The lowest BCUT2D eigenvalue weighted by molar-refractivity contribution is -0.153. The molecule has 0 radical (unpaired) electrons. The van der Waals surface area contributed by atoms with E-state index in [1.165, 1.54) is 6.07 Å². The van der Waals surface area contributed by atoms with Crippen LogP contribution in [0.4, 0.5) is 13.2 Å². The summed E-state index contributed by atoms with van der Waals surface area (Å²) >= 11 is 0. The molecule has 0 bridgehead atoms. The first-order chi connectivity index (χ1) is 12.2. The van der Waals surface area contributed by atoms with Crippen LogP contribution in [-0.4, -0.2) is 18.7 Å². The lowest BCUT2D eigenvalue weighted by Crippen LogP contribution is -2.33. The highest BCUT2D eigenvalue weighted by Gasteiger charge is 2.29. The molecule has 0 heterocycles. The van der Waals surface area contributed by atoms with E-state index < -0.39 is 24.7 Å². The van der Waals surface area contributed by atoms with Gasteiger partial charge in [0, 0.05) is 12.1 Å². The zero-order valence-electron chi connectivity index (χ0n) is 14.6. The first kappa shape index (κ1) is 19.8. The van der Waals surface area contributed by atoms with Crippen LogP contribution in [0.2, 0.25) is 0 Å². The molecular formula is C19H21F3N2O2. The van der Waals surface area contributed by atoms with Crippen molar-refractivity contribution < 1.29 is 22.7 Å².